The zero-order valence-electron chi connectivity index (χ0n) is 11.2. The van der Waals surface area contributed by atoms with Gasteiger partial charge in [-0.2, -0.15) is 0 Å². The molecule has 0 aromatic carbocycles. The lowest BCUT2D eigenvalue weighted by molar-refractivity contribution is -0.152. The molecule has 0 bridgehead atoms. The molecule has 1 amide bonds. The Morgan fingerprint density at radius 1 is 1.44 bits per heavy atom. The van der Waals surface area contributed by atoms with Crippen LogP contribution in [0, 0.1) is 5.41 Å². The zero-order chi connectivity index (χ0) is 13.6. The van der Waals surface area contributed by atoms with Crippen LogP contribution in [0.5, 0.6) is 0 Å². The third-order valence-electron chi connectivity index (χ3n) is 3.61. The summed E-state index contributed by atoms with van der Waals surface area (Å²) in [4.78, 5) is 23.0. The molecule has 1 saturated carbocycles. The van der Waals surface area contributed by atoms with Crippen molar-refractivity contribution in [2.75, 3.05) is 13.2 Å². The number of nitrogens with one attached hydrogen (secondary N) is 1. The van der Waals surface area contributed by atoms with Crippen LogP contribution in [0.25, 0.3) is 0 Å². The summed E-state index contributed by atoms with van der Waals surface area (Å²) in [5.41, 5.74) is -0.849. The lowest BCUT2D eigenvalue weighted by Crippen LogP contribution is -2.52. The molecule has 0 heterocycles. The number of amides is 1. The molecule has 0 saturated heterocycles. The quantitative estimate of drug-likeness (QED) is 0.708. The summed E-state index contributed by atoms with van der Waals surface area (Å²) in [5, 5.41) is 12.1. The minimum absolute atomic E-state index is 0.0139. The van der Waals surface area contributed by atoms with Crippen LogP contribution in [0.15, 0.2) is 0 Å². The van der Waals surface area contributed by atoms with Gasteiger partial charge in [0.05, 0.1) is 5.41 Å². The standard InChI is InChI=1S/C13H23NO4/c1-3-8-18-9-11(15)14-10-6-4-5-7-13(10,2)12(16)17/h10H,3-9H2,1-2H3,(H,14,15)(H,16,17). The fraction of sp³-hybridized carbons (Fsp3) is 0.846. The highest BCUT2D eigenvalue weighted by molar-refractivity contribution is 5.80. The van der Waals surface area contributed by atoms with Gasteiger partial charge in [0.2, 0.25) is 5.91 Å². The van der Waals surface area contributed by atoms with Gasteiger partial charge in [0.15, 0.2) is 0 Å². The van der Waals surface area contributed by atoms with Crippen LogP contribution in [-0.2, 0) is 14.3 Å². The molecule has 0 spiro atoms. The van der Waals surface area contributed by atoms with Crippen LogP contribution in [0.1, 0.15) is 46.0 Å². The summed E-state index contributed by atoms with van der Waals surface area (Å²) in [5.74, 6) is -1.05. The molecule has 2 atom stereocenters. The Labute approximate surface area is 108 Å². The predicted molar refractivity (Wildman–Crippen MR) is 67.3 cm³/mol. The van der Waals surface area contributed by atoms with Gasteiger partial charge in [-0.3, -0.25) is 9.59 Å². The summed E-state index contributed by atoms with van der Waals surface area (Å²) < 4.78 is 5.16. The van der Waals surface area contributed by atoms with E-state index in [2.05, 4.69) is 5.32 Å². The Hall–Kier alpha value is -1.10. The van der Waals surface area contributed by atoms with E-state index in [4.69, 9.17) is 4.74 Å². The van der Waals surface area contributed by atoms with E-state index in [-0.39, 0.29) is 18.6 Å². The third-order valence-corrected chi connectivity index (χ3v) is 3.61. The Bertz CT molecular complexity index is 305. The minimum atomic E-state index is -0.849. The highest BCUT2D eigenvalue weighted by Crippen LogP contribution is 2.36. The summed E-state index contributed by atoms with van der Waals surface area (Å²) in [6.07, 6.45) is 4.07. The SMILES string of the molecule is CCCOCC(=O)NC1CCCCC1(C)C(=O)O. The van der Waals surface area contributed by atoms with Gasteiger partial charge < -0.3 is 15.2 Å². The molecule has 1 fully saturated rings. The van der Waals surface area contributed by atoms with Crippen molar-refractivity contribution in [3.05, 3.63) is 0 Å². The smallest absolute Gasteiger partial charge is 0.311 e. The maximum atomic E-state index is 11.7. The second-order valence-corrected chi connectivity index (χ2v) is 5.14. The van der Waals surface area contributed by atoms with E-state index in [0.29, 0.717) is 13.0 Å². The normalized spacial score (nSPS) is 27.8. The Balaban J connectivity index is 2.52. The molecule has 0 aromatic heterocycles. The lowest BCUT2D eigenvalue weighted by atomic mass is 9.71. The van der Waals surface area contributed by atoms with Crippen LogP contribution < -0.4 is 5.32 Å². The van der Waals surface area contributed by atoms with E-state index in [9.17, 15) is 14.7 Å². The molecule has 1 aliphatic carbocycles. The lowest BCUT2D eigenvalue weighted by Gasteiger charge is -2.38. The minimum Gasteiger partial charge on any atom is -0.481 e. The zero-order valence-corrected chi connectivity index (χ0v) is 11.2. The van der Waals surface area contributed by atoms with Crippen molar-refractivity contribution >= 4 is 11.9 Å². The Kier molecular flexibility index (Phi) is 5.59. The van der Waals surface area contributed by atoms with E-state index >= 15 is 0 Å². The van der Waals surface area contributed by atoms with Crippen molar-refractivity contribution in [3.8, 4) is 0 Å². The highest BCUT2D eigenvalue weighted by Gasteiger charge is 2.43. The first-order valence-corrected chi connectivity index (χ1v) is 6.61. The van der Waals surface area contributed by atoms with Crippen LogP contribution in [-0.4, -0.2) is 36.2 Å². The van der Waals surface area contributed by atoms with Gasteiger partial charge in [0.1, 0.15) is 6.61 Å². The van der Waals surface area contributed by atoms with Crippen molar-refractivity contribution < 1.29 is 19.4 Å². The van der Waals surface area contributed by atoms with Crippen LogP contribution in [0.3, 0.4) is 0 Å². The van der Waals surface area contributed by atoms with Gasteiger partial charge in [-0.15, -0.1) is 0 Å². The van der Waals surface area contributed by atoms with E-state index in [1.165, 1.54) is 0 Å². The number of carbonyl (C=O) groups is 2. The molecule has 0 aliphatic heterocycles. The highest BCUT2D eigenvalue weighted by atomic mass is 16.5. The second-order valence-electron chi connectivity index (χ2n) is 5.14. The fourth-order valence-corrected chi connectivity index (χ4v) is 2.37. The Morgan fingerprint density at radius 3 is 2.78 bits per heavy atom. The van der Waals surface area contributed by atoms with Gasteiger partial charge in [-0.05, 0) is 26.2 Å². The molecule has 1 aliphatic rings. The monoisotopic (exact) mass is 257 g/mol. The molecule has 18 heavy (non-hydrogen) atoms. The van der Waals surface area contributed by atoms with Crippen LogP contribution in [0.2, 0.25) is 0 Å². The van der Waals surface area contributed by atoms with Crippen molar-refractivity contribution in [2.24, 2.45) is 5.41 Å². The fourth-order valence-electron chi connectivity index (χ4n) is 2.37. The van der Waals surface area contributed by atoms with E-state index in [1.54, 1.807) is 6.92 Å². The van der Waals surface area contributed by atoms with Gasteiger partial charge in [-0.1, -0.05) is 19.8 Å². The second kappa shape index (κ2) is 6.73. The topological polar surface area (TPSA) is 75.6 Å². The van der Waals surface area contributed by atoms with E-state index in [0.717, 1.165) is 25.7 Å². The van der Waals surface area contributed by atoms with Crippen LogP contribution in [0.4, 0.5) is 0 Å². The molecule has 5 nitrogen and oxygen atoms in total. The number of hydrogen-bond acceptors (Lipinski definition) is 3. The van der Waals surface area contributed by atoms with Crippen LogP contribution >= 0.6 is 0 Å². The van der Waals surface area contributed by atoms with Crippen molar-refractivity contribution in [3.63, 3.8) is 0 Å². The molecule has 5 heteroatoms. The predicted octanol–water partition coefficient (Wildman–Crippen LogP) is 1.56. The first kappa shape index (κ1) is 15.0. The summed E-state index contributed by atoms with van der Waals surface area (Å²) >= 11 is 0. The van der Waals surface area contributed by atoms with Crippen molar-refractivity contribution in [1.29, 1.82) is 0 Å². The summed E-state index contributed by atoms with van der Waals surface area (Å²) in [6, 6.07) is -0.290. The largest absolute Gasteiger partial charge is 0.481 e. The molecule has 0 aromatic rings. The molecule has 1 rings (SSSR count). The van der Waals surface area contributed by atoms with Crippen molar-refractivity contribution in [2.45, 2.75) is 52.0 Å². The van der Waals surface area contributed by atoms with Gasteiger partial charge in [0.25, 0.3) is 0 Å². The Morgan fingerprint density at radius 2 is 2.17 bits per heavy atom. The van der Waals surface area contributed by atoms with Gasteiger partial charge in [-0.25, -0.2) is 0 Å². The molecule has 0 radical (unpaired) electrons. The molecule has 104 valence electrons. The number of carbonyl (C=O) groups excluding carboxylic acids is 1. The van der Waals surface area contributed by atoms with E-state index < -0.39 is 11.4 Å². The number of carboxylic acids is 1. The number of aliphatic carboxylic acids is 1. The summed E-state index contributed by atoms with van der Waals surface area (Å²) in [7, 11) is 0. The van der Waals surface area contributed by atoms with Gasteiger partial charge in [0, 0.05) is 12.6 Å². The molecule has 2 N–H and O–H groups in total. The molecular formula is C13H23NO4. The maximum Gasteiger partial charge on any atom is 0.311 e. The molecule has 2 unspecified atom stereocenters. The first-order chi connectivity index (χ1) is 8.50. The van der Waals surface area contributed by atoms with Crippen molar-refractivity contribution in [1.82, 2.24) is 5.32 Å². The molecular weight excluding hydrogens is 234 g/mol. The number of hydrogen-bond donors (Lipinski definition) is 2. The third kappa shape index (κ3) is 3.70. The average molecular weight is 257 g/mol. The average Bonchev–Trinajstić information content (AvgIpc) is 2.32. The number of carboxylic acid groups (broad SMARTS) is 1. The van der Waals surface area contributed by atoms with Gasteiger partial charge >= 0.3 is 5.97 Å². The number of rotatable bonds is 6. The van der Waals surface area contributed by atoms with E-state index in [1.807, 2.05) is 6.92 Å². The summed E-state index contributed by atoms with van der Waals surface area (Å²) in [6.45, 7) is 4.25. The number of ether oxygens (including phenoxy) is 1. The maximum absolute atomic E-state index is 11.7. The first-order valence-electron chi connectivity index (χ1n) is 6.61.